The lowest BCUT2D eigenvalue weighted by atomic mass is 9.90. The molecule has 4 nitrogen and oxygen atoms in total. The molecule has 0 radical (unpaired) electrons. The van der Waals surface area contributed by atoms with Gasteiger partial charge in [-0.25, -0.2) is 4.39 Å². The summed E-state index contributed by atoms with van der Waals surface area (Å²) in [5, 5.41) is 8.95. The molecule has 3 rings (SSSR count). The van der Waals surface area contributed by atoms with Crippen LogP contribution < -0.4 is 9.47 Å². The summed E-state index contributed by atoms with van der Waals surface area (Å²) in [6.07, 6.45) is -7.80. The molecule has 1 N–H and O–H groups in total. The van der Waals surface area contributed by atoms with Crippen LogP contribution in [-0.4, -0.2) is 23.4 Å². The fourth-order valence-corrected chi connectivity index (χ4v) is 3.01. The highest BCUT2D eigenvalue weighted by molar-refractivity contribution is 6.32. The largest absolute Gasteiger partial charge is 0.481 e. The van der Waals surface area contributed by atoms with Crippen molar-refractivity contribution in [3.8, 4) is 17.2 Å². The fraction of sp³-hybridized carbons (Fsp3) is 0.235. The van der Waals surface area contributed by atoms with Crippen LogP contribution in [0.15, 0.2) is 30.3 Å². The van der Waals surface area contributed by atoms with Gasteiger partial charge in [-0.1, -0.05) is 23.2 Å². The minimum Gasteiger partial charge on any atom is -0.481 e. The SMILES string of the molecule is O=C(O)C1Cc2cc(Cl)c(Oc3ccc(Cl)c(F)c3)cc2OC1C(F)(F)F. The summed E-state index contributed by atoms with van der Waals surface area (Å²) in [4.78, 5) is 11.2. The first kappa shape index (κ1) is 19.6. The molecule has 27 heavy (non-hydrogen) atoms. The van der Waals surface area contributed by atoms with E-state index in [0.717, 1.165) is 12.1 Å². The van der Waals surface area contributed by atoms with Crippen LogP contribution in [0.2, 0.25) is 10.0 Å². The molecular weight excluding hydrogens is 415 g/mol. The molecule has 1 heterocycles. The molecule has 1 aliphatic rings. The van der Waals surface area contributed by atoms with Crippen molar-refractivity contribution in [1.29, 1.82) is 0 Å². The van der Waals surface area contributed by atoms with Crippen molar-refractivity contribution < 1.29 is 36.9 Å². The van der Waals surface area contributed by atoms with Crippen LogP contribution in [0.1, 0.15) is 5.56 Å². The number of rotatable bonds is 3. The van der Waals surface area contributed by atoms with E-state index in [9.17, 15) is 22.4 Å². The normalized spacial score (nSPS) is 19.2. The second kappa shape index (κ2) is 7.09. The third-order valence-electron chi connectivity index (χ3n) is 3.93. The van der Waals surface area contributed by atoms with Crippen molar-refractivity contribution in [2.45, 2.75) is 18.7 Å². The zero-order valence-electron chi connectivity index (χ0n) is 13.2. The van der Waals surface area contributed by atoms with Crippen LogP contribution >= 0.6 is 23.2 Å². The molecule has 2 atom stereocenters. The number of ether oxygens (including phenoxy) is 2. The van der Waals surface area contributed by atoms with E-state index < -0.39 is 36.4 Å². The van der Waals surface area contributed by atoms with E-state index in [-0.39, 0.29) is 32.9 Å². The lowest BCUT2D eigenvalue weighted by molar-refractivity contribution is -0.217. The van der Waals surface area contributed by atoms with Crippen LogP contribution in [-0.2, 0) is 11.2 Å². The Bertz CT molecular complexity index is 901. The van der Waals surface area contributed by atoms with Crippen molar-refractivity contribution in [3.05, 3.63) is 51.8 Å². The summed E-state index contributed by atoms with van der Waals surface area (Å²) in [7, 11) is 0. The van der Waals surface area contributed by atoms with Crippen LogP contribution in [0, 0.1) is 11.7 Å². The number of hydrogen-bond donors (Lipinski definition) is 1. The number of aliphatic carboxylic acids is 1. The van der Waals surface area contributed by atoms with E-state index in [1.807, 2.05) is 0 Å². The Morgan fingerprint density at radius 3 is 2.48 bits per heavy atom. The number of carboxylic acids is 1. The molecule has 0 fully saturated rings. The Morgan fingerprint density at radius 2 is 1.89 bits per heavy atom. The average molecular weight is 425 g/mol. The van der Waals surface area contributed by atoms with Crippen molar-refractivity contribution in [2.75, 3.05) is 0 Å². The molecule has 2 unspecified atom stereocenters. The van der Waals surface area contributed by atoms with Gasteiger partial charge in [0.2, 0.25) is 6.10 Å². The van der Waals surface area contributed by atoms with Crippen LogP contribution in [0.5, 0.6) is 17.2 Å². The molecule has 2 aromatic rings. The second-order valence-corrected chi connectivity index (χ2v) is 6.61. The van der Waals surface area contributed by atoms with Crippen LogP contribution in [0.4, 0.5) is 17.6 Å². The molecule has 0 aliphatic carbocycles. The summed E-state index contributed by atoms with van der Waals surface area (Å²) in [6.45, 7) is 0. The van der Waals surface area contributed by atoms with Gasteiger partial charge in [0.05, 0.1) is 10.0 Å². The van der Waals surface area contributed by atoms with Gasteiger partial charge in [-0.2, -0.15) is 13.2 Å². The van der Waals surface area contributed by atoms with Gasteiger partial charge >= 0.3 is 12.1 Å². The summed E-state index contributed by atoms with van der Waals surface area (Å²) in [6, 6.07) is 5.95. The second-order valence-electron chi connectivity index (χ2n) is 5.80. The number of benzene rings is 2. The molecule has 0 bridgehead atoms. The Kier molecular flexibility index (Phi) is 5.14. The van der Waals surface area contributed by atoms with E-state index in [4.69, 9.17) is 37.8 Å². The molecule has 2 aromatic carbocycles. The van der Waals surface area contributed by atoms with Gasteiger partial charge in [-0.15, -0.1) is 0 Å². The van der Waals surface area contributed by atoms with Crippen LogP contribution in [0.3, 0.4) is 0 Å². The summed E-state index contributed by atoms with van der Waals surface area (Å²) in [5.41, 5.74) is 0.197. The van der Waals surface area contributed by atoms with Gasteiger partial charge in [-0.3, -0.25) is 4.79 Å². The minimum absolute atomic E-state index is 0.00213. The van der Waals surface area contributed by atoms with Crippen molar-refractivity contribution in [1.82, 2.24) is 0 Å². The molecular formula is C17H10Cl2F4O4. The summed E-state index contributed by atoms with van der Waals surface area (Å²) >= 11 is 11.6. The van der Waals surface area contributed by atoms with E-state index in [0.29, 0.717) is 0 Å². The average Bonchev–Trinajstić information content (AvgIpc) is 2.57. The third-order valence-corrected chi connectivity index (χ3v) is 4.53. The number of carbonyl (C=O) groups is 1. The molecule has 0 aromatic heterocycles. The molecule has 0 saturated heterocycles. The van der Waals surface area contributed by atoms with Gasteiger partial charge in [0.15, 0.2) is 0 Å². The molecule has 144 valence electrons. The highest BCUT2D eigenvalue weighted by atomic mass is 35.5. The Labute approximate surface area is 160 Å². The third kappa shape index (κ3) is 4.06. The quantitative estimate of drug-likeness (QED) is 0.661. The minimum atomic E-state index is -4.87. The van der Waals surface area contributed by atoms with E-state index in [2.05, 4.69) is 0 Å². The monoisotopic (exact) mass is 424 g/mol. The number of fused-ring (bicyclic) bond motifs is 1. The predicted octanol–water partition coefficient (Wildman–Crippen LogP) is 5.49. The Hall–Kier alpha value is -2.19. The number of halogens is 6. The standard InChI is InChI=1S/C17H10Cl2F4O4/c18-10-2-1-8(5-12(10)20)26-14-6-13-7(4-11(14)19)3-9(16(24)25)15(27-13)17(21,22)23/h1-2,4-6,9,15H,3H2,(H,24,25). The maximum absolute atomic E-state index is 13.5. The van der Waals surface area contributed by atoms with Gasteiger partial charge < -0.3 is 14.6 Å². The van der Waals surface area contributed by atoms with Crippen molar-refractivity contribution >= 4 is 29.2 Å². The molecule has 1 aliphatic heterocycles. The maximum atomic E-state index is 13.5. The summed E-state index contributed by atoms with van der Waals surface area (Å²) < 4.78 is 63.3. The highest BCUT2D eigenvalue weighted by Crippen LogP contribution is 2.43. The fourth-order valence-electron chi connectivity index (χ4n) is 2.67. The predicted molar refractivity (Wildman–Crippen MR) is 88.2 cm³/mol. The molecule has 0 saturated carbocycles. The Balaban J connectivity index is 1.95. The molecule has 0 spiro atoms. The van der Waals surface area contributed by atoms with Gasteiger partial charge in [-0.05, 0) is 30.2 Å². The van der Waals surface area contributed by atoms with E-state index in [1.165, 1.54) is 18.2 Å². The molecule has 10 heteroatoms. The van der Waals surface area contributed by atoms with Gasteiger partial charge in [0.1, 0.15) is 29.0 Å². The first-order chi connectivity index (χ1) is 12.6. The van der Waals surface area contributed by atoms with Crippen LogP contribution in [0.25, 0.3) is 0 Å². The zero-order chi connectivity index (χ0) is 19.9. The lowest BCUT2D eigenvalue weighted by Gasteiger charge is -2.32. The topological polar surface area (TPSA) is 55.8 Å². The van der Waals surface area contributed by atoms with Gasteiger partial charge in [0, 0.05) is 12.1 Å². The first-order valence-corrected chi connectivity index (χ1v) is 8.23. The Morgan fingerprint density at radius 1 is 1.19 bits per heavy atom. The van der Waals surface area contributed by atoms with E-state index in [1.54, 1.807) is 0 Å². The van der Waals surface area contributed by atoms with Crippen molar-refractivity contribution in [2.24, 2.45) is 5.92 Å². The van der Waals surface area contributed by atoms with Crippen molar-refractivity contribution in [3.63, 3.8) is 0 Å². The lowest BCUT2D eigenvalue weighted by Crippen LogP contribution is -2.47. The van der Waals surface area contributed by atoms with E-state index >= 15 is 0 Å². The number of alkyl halides is 3. The number of hydrogen-bond acceptors (Lipinski definition) is 3. The smallest absolute Gasteiger partial charge is 0.426 e. The first-order valence-electron chi connectivity index (χ1n) is 7.47. The zero-order valence-corrected chi connectivity index (χ0v) is 14.7. The summed E-state index contributed by atoms with van der Waals surface area (Å²) in [5.74, 6) is -4.44. The maximum Gasteiger partial charge on any atom is 0.426 e. The van der Waals surface area contributed by atoms with Gasteiger partial charge in [0.25, 0.3) is 0 Å². The highest BCUT2D eigenvalue weighted by Gasteiger charge is 2.52. The molecule has 0 amide bonds. The number of carboxylic acid groups (broad SMARTS) is 1.